The van der Waals surface area contributed by atoms with E-state index in [-0.39, 0.29) is 11.8 Å². The molecule has 0 aliphatic carbocycles. The summed E-state index contributed by atoms with van der Waals surface area (Å²) in [7, 11) is 1.63. The van der Waals surface area contributed by atoms with Crippen molar-refractivity contribution >= 4 is 5.91 Å². The number of imidazole rings is 1. The van der Waals surface area contributed by atoms with Crippen LogP contribution in [0.2, 0.25) is 0 Å². The molecule has 1 aliphatic heterocycles. The monoisotopic (exact) mass is 472 g/mol. The number of likely N-dealkylation sites (tertiary alicyclic amines) is 1. The molecular formula is C26H28N6O3. The molecule has 4 aromatic rings. The van der Waals surface area contributed by atoms with E-state index in [1.807, 2.05) is 59.3 Å². The lowest BCUT2D eigenvalue weighted by molar-refractivity contribution is -0.127. The zero-order valence-electron chi connectivity index (χ0n) is 19.6. The average Bonchev–Trinajstić information content (AvgIpc) is 3.61. The minimum atomic E-state index is -0.0758. The number of carbonyl (C=O) groups excluding carboxylic acids is 1. The molecule has 9 heteroatoms. The summed E-state index contributed by atoms with van der Waals surface area (Å²) >= 11 is 0. The SMILES string of the molecule is COc1ccc(-c2noc(CN3CCCC(C(=O)NCc4ccccc4-n4ccnc4)C3)n2)cc1. The van der Waals surface area contributed by atoms with E-state index in [4.69, 9.17) is 9.26 Å². The zero-order chi connectivity index (χ0) is 24.0. The number of amides is 1. The molecule has 3 heterocycles. The van der Waals surface area contributed by atoms with Crippen molar-refractivity contribution in [2.45, 2.75) is 25.9 Å². The molecule has 2 aromatic carbocycles. The van der Waals surface area contributed by atoms with Crippen LogP contribution in [0.25, 0.3) is 17.1 Å². The highest BCUT2D eigenvalue weighted by Crippen LogP contribution is 2.22. The van der Waals surface area contributed by atoms with Gasteiger partial charge in [-0.15, -0.1) is 0 Å². The van der Waals surface area contributed by atoms with Gasteiger partial charge >= 0.3 is 0 Å². The van der Waals surface area contributed by atoms with Gasteiger partial charge in [0.15, 0.2) is 0 Å². The van der Waals surface area contributed by atoms with Gasteiger partial charge in [-0.1, -0.05) is 23.4 Å². The Morgan fingerprint density at radius 3 is 2.86 bits per heavy atom. The Balaban J connectivity index is 1.17. The first-order valence-corrected chi connectivity index (χ1v) is 11.7. The largest absolute Gasteiger partial charge is 0.497 e. The van der Waals surface area contributed by atoms with E-state index in [2.05, 4.69) is 25.3 Å². The van der Waals surface area contributed by atoms with Crippen LogP contribution in [-0.4, -0.2) is 50.7 Å². The van der Waals surface area contributed by atoms with E-state index in [0.29, 0.717) is 31.3 Å². The Bertz CT molecular complexity index is 1250. The fourth-order valence-corrected chi connectivity index (χ4v) is 4.42. The smallest absolute Gasteiger partial charge is 0.241 e. The van der Waals surface area contributed by atoms with Gasteiger partial charge in [-0.3, -0.25) is 9.69 Å². The van der Waals surface area contributed by atoms with Crippen molar-refractivity contribution in [3.63, 3.8) is 0 Å². The summed E-state index contributed by atoms with van der Waals surface area (Å²) in [6, 6.07) is 15.6. The maximum atomic E-state index is 13.0. The average molecular weight is 473 g/mol. The van der Waals surface area contributed by atoms with Crippen LogP contribution in [0.5, 0.6) is 5.75 Å². The summed E-state index contributed by atoms with van der Waals surface area (Å²) in [4.78, 5) is 23.9. The molecule has 0 radical (unpaired) electrons. The first-order valence-electron chi connectivity index (χ1n) is 11.7. The molecule has 180 valence electrons. The van der Waals surface area contributed by atoms with E-state index >= 15 is 0 Å². The van der Waals surface area contributed by atoms with Crippen molar-refractivity contribution in [2.24, 2.45) is 5.92 Å². The van der Waals surface area contributed by atoms with Gasteiger partial charge in [0.2, 0.25) is 17.6 Å². The van der Waals surface area contributed by atoms with Crippen molar-refractivity contribution in [3.8, 4) is 22.8 Å². The molecule has 1 fully saturated rings. The molecule has 1 amide bonds. The van der Waals surface area contributed by atoms with Crippen LogP contribution in [0.1, 0.15) is 24.3 Å². The standard InChI is InChI=1S/C26H28N6O3/c1-34-22-10-8-19(9-11-22)25-29-24(35-30-25)17-31-13-4-6-21(16-31)26(33)28-15-20-5-2-3-7-23(20)32-14-12-27-18-32/h2-3,5,7-12,14,18,21H,4,6,13,15-17H2,1H3,(H,28,33). The number of methoxy groups -OCH3 is 1. The third-order valence-electron chi connectivity index (χ3n) is 6.28. The van der Waals surface area contributed by atoms with Crippen LogP contribution in [-0.2, 0) is 17.9 Å². The minimum absolute atomic E-state index is 0.0691. The van der Waals surface area contributed by atoms with Gasteiger partial charge in [0, 0.05) is 31.0 Å². The third-order valence-corrected chi connectivity index (χ3v) is 6.28. The Kier molecular flexibility index (Phi) is 6.85. The summed E-state index contributed by atoms with van der Waals surface area (Å²) < 4.78 is 12.6. The first kappa shape index (κ1) is 22.8. The predicted octanol–water partition coefficient (Wildman–Crippen LogP) is 3.46. The number of piperidine rings is 1. The second-order valence-electron chi connectivity index (χ2n) is 8.63. The lowest BCUT2D eigenvalue weighted by atomic mass is 9.97. The molecule has 1 atom stereocenters. The van der Waals surface area contributed by atoms with Gasteiger partial charge in [0.1, 0.15) is 5.75 Å². The second-order valence-corrected chi connectivity index (χ2v) is 8.63. The molecule has 1 N–H and O–H groups in total. The number of para-hydroxylation sites is 1. The number of nitrogens with zero attached hydrogens (tertiary/aromatic N) is 5. The van der Waals surface area contributed by atoms with Gasteiger partial charge in [0.05, 0.1) is 31.6 Å². The number of nitrogens with one attached hydrogen (secondary N) is 1. The Labute approximate surface area is 203 Å². The van der Waals surface area contributed by atoms with Crippen molar-refractivity contribution in [2.75, 3.05) is 20.2 Å². The quantitative estimate of drug-likeness (QED) is 0.419. The van der Waals surface area contributed by atoms with Crippen molar-refractivity contribution in [1.29, 1.82) is 0 Å². The van der Waals surface area contributed by atoms with Gasteiger partial charge in [-0.25, -0.2) is 4.98 Å². The lowest BCUT2D eigenvalue weighted by Gasteiger charge is -2.30. The number of hydrogen-bond donors (Lipinski definition) is 1. The van der Waals surface area contributed by atoms with Crippen LogP contribution >= 0.6 is 0 Å². The van der Waals surface area contributed by atoms with Crippen molar-refractivity contribution in [1.82, 2.24) is 29.9 Å². The Morgan fingerprint density at radius 1 is 1.20 bits per heavy atom. The molecule has 2 aromatic heterocycles. The van der Waals surface area contributed by atoms with Crippen molar-refractivity contribution < 1.29 is 14.1 Å². The van der Waals surface area contributed by atoms with Gasteiger partial charge in [0.25, 0.3) is 0 Å². The molecule has 1 saturated heterocycles. The Hall–Kier alpha value is -3.98. The fourth-order valence-electron chi connectivity index (χ4n) is 4.42. The van der Waals surface area contributed by atoms with E-state index < -0.39 is 0 Å². The van der Waals surface area contributed by atoms with E-state index in [1.165, 1.54) is 0 Å². The number of ether oxygens (including phenoxy) is 1. The normalized spacial score (nSPS) is 16.2. The van der Waals surface area contributed by atoms with Crippen LogP contribution in [0.15, 0.2) is 71.8 Å². The number of benzene rings is 2. The summed E-state index contributed by atoms with van der Waals surface area (Å²) in [5.74, 6) is 1.87. The number of carbonyl (C=O) groups is 1. The highest BCUT2D eigenvalue weighted by molar-refractivity contribution is 5.79. The number of rotatable bonds is 8. The molecule has 0 bridgehead atoms. The van der Waals surface area contributed by atoms with E-state index in [9.17, 15) is 4.79 Å². The number of aromatic nitrogens is 4. The number of hydrogen-bond acceptors (Lipinski definition) is 7. The predicted molar refractivity (Wildman–Crippen MR) is 130 cm³/mol. The van der Waals surface area contributed by atoms with Crippen LogP contribution in [0.4, 0.5) is 0 Å². The van der Waals surface area contributed by atoms with Gasteiger partial charge < -0.3 is 19.1 Å². The topological polar surface area (TPSA) is 98.3 Å². The molecule has 1 aliphatic rings. The Morgan fingerprint density at radius 2 is 2.06 bits per heavy atom. The molecule has 1 unspecified atom stereocenters. The van der Waals surface area contributed by atoms with Crippen LogP contribution in [0, 0.1) is 5.92 Å². The molecule has 35 heavy (non-hydrogen) atoms. The fraction of sp³-hybridized carbons (Fsp3) is 0.308. The maximum Gasteiger partial charge on any atom is 0.241 e. The lowest BCUT2D eigenvalue weighted by Crippen LogP contribution is -2.42. The highest BCUT2D eigenvalue weighted by Gasteiger charge is 2.27. The second kappa shape index (κ2) is 10.5. The minimum Gasteiger partial charge on any atom is -0.497 e. The molecule has 5 rings (SSSR count). The summed E-state index contributed by atoms with van der Waals surface area (Å²) in [5.41, 5.74) is 2.93. The van der Waals surface area contributed by atoms with Crippen molar-refractivity contribution in [3.05, 3.63) is 78.7 Å². The molecule has 9 nitrogen and oxygen atoms in total. The van der Waals surface area contributed by atoms with Crippen LogP contribution in [0.3, 0.4) is 0 Å². The van der Waals surface area contributed by atoms with Crippen LogP contribution < -0.4 is 10.1 Å². The third kappa shape index (κ3) is 5.41. The molecule has 0 saturated carbocycles. The van der Waals surface area contributed by atoms with Gasteiger partial charge in [-0.2, -0.15) is 4.98 Å². The molecular weight excluding hydrogens is 444 g/mol. The maximum absolute atomic E-state index is 13.0. The van der Waals surface area contributed by atoms with E-state index in [1.54, 1.807) is 19.6 Å². The van der Waals surface area contributed by atoms with Gasteiger partial charge in [-0.05, 0) is 55.3 Å². The molecule has 0 spiro atoms. The first-order chi connectivity index (χ1) is 17.2. The van der Waals surface area contributed by atoms with E-state index in [0.717, 1.165) is 42.0 Å². The zero-order valence-corrected chi connectivity index (χ0v) is 19.6. The summed E-state index contributed by atoms with van der Waals surface area (Å²) in [6.07, 6.45) is 7.22. The summed E-state index contributed by atoms with van der Waals surface area (Å²) in [6.45, 7) is 2.55. The highest BCUT2D eigenvalue weighted by atomic mass is 16.5. The summed E-state index contributed by atoms with van der Waals surface area (Å²) in [5, 5.41) is 7.24.